The van der Waals surface area contributed by atoms with Crippen LogP contribution in [0.4, 0.5) is 10.5 Å². The molecule has 0 spiro atoms. The van der Waals surface area contributed by atoms with Crippen LogP contribution in [0.2, 0.25) is 0 Å². The zero-order valence-corrected chi connectivity index (χ0v) is 11.3. The maximum absolute atomic E-state index is 11.8. The number of carbonyl (C=O) groups is 2. The van der Waals surface area contributed by atoms with Gasteiger partial charge in [0.2, 0.25) is 0 Å². The zero-order chi connectivity index (χ0) is 14.5. The second-order valence-corrected chi connectivity index (χ2v) is 4.82. The van der Waals surface area contributed by atoms with Crippen LogP contribution in [0, 0.1) is 0 Å². The molecule has 0 bridgehead atoms. The number of nitrogens with zero attached hydrogens (tertiary/aromatic N) is 2. The molecule has 1 aromatic heterocycles. The van der Waals surface area contributed by atoms with Gasteiger partial charge in [0.15, 0.2) is 5.69 Å². The number of likely N-dealkylation sites (tertiary alicyclic amines) is 1. The normalized spacial score (nSPS) is 18.8. The largest absolute Gasteiger partial charge is 0.476 e. The van der Waals surface area contributed by atoms with Gasteiger partial charge in [-0.2, -0.15) is 0 Å². The van der Waals surface area contributed by atoms with Gasteiger partial charge >= 0.3 is 12.0 Å². The second-order valence-electron chi connectivity index (χ2n) is 4.82. The Morgan fingerprint density at radius 3 is 3.00 bits per heavy atom. The summed E-state index contributed by atoms with van der Waals surface area (Å²) < 4.78 is 0. The van der Waals surface area contributed by atoms with Gasteiger partial charge in [-0.3, -0.25) is 0 Å². The maximum atomic E-state index is 11.8. The number of likely N-dealkylation sites (N-methyl/N-ethyl adjacent to an activating group) is 1. The predicted octanol–water partition coefficient (Wildman–Crippen LogP) is 0.996. The van der Waals surface area contributed by atoms with E-state index in [1.54, 1.807) is 6.07 Å². The van der Waals surface area contributed by atoms with Crippen LogP contribution in [0.5, 0.6) is 0 Å². The van der Waals surface area contributed by atoms with E-state index in [1.165, 1.54) is 12.3 Å². The van der Waals surface area contributed by atoms with Crippen LogP contribution in [0.1, 0.15) is 23.3 Å². The standard InChI is InChI=1S/C13H18N4O3/c1-17-7-3-4-9(17)8-15-13(20)16-10-5-2-6-14-11(10)12(18)19/h2,5-6,9H,3-4,7-8H2,1H3,(H,18,19)(H2,15,16,20). The van der Waals surface area contributed by atoms with Gasteiger partial charge in [0.05, 0.1) is 5.69 Å². The molecule has 0 saturated carbocycles. The van der Waals surface area contributed by atoms with Crippen LogP contribution in [0.3, 0.4) is 0 Å². The van der Waals surface area contributed by atoms with Crippen molar-refractivity contribution in [1.29, 1.82) is 0 Å². The van der Waals surface area contributed by atoms with Crippen LogP contribution in [0.25, 0.3) is 0 Å². The molecular formula is C13H18N4O3. The fraction of sp³-hybridized carbons (Fsp3) is 0.462. The number of aromatic nitrogens is 1. The van der Waals surface area contributed by atoms with E-state index < -0.39 is 12.0 Å². The van der Waals surface area contributed by atoms with Gasteiger partial charge in [-0.25, -0.2) is 14.6 Å². The predicted molar refractivity (Wildman–Crippen MR) is 73.9 cm³/mol. The molecule has 1 aliphatic rings. The van der Waals surface area contributed by atoms with E-state index in [-0.39, 0.29) is 11.4 Å². The zero-order valence-electron chi connectivity index (χ0n) is 11.3. The molecule has 1 atom stereocenters. The minimum atomic E-state index is -1.17. The van der Waals surface area contributed by atoms with Crippen LogP contribution >= 0.6 is 0 Å². The number of amides is 2. The topological polar surface area (TPSA) is 94.6 Å². The Bertz CT molecular complexity index is 506. The van der Waals surface area contributed by atoms with Crippen molar-refractivity contribution in [3.05, 3.63) is 24.0 Å². The molecule has 7 heteroatoms. The number of hydrogen-bond acceptors (Lipinski definition) is 4. The number of carboxylic acids is 1. The summed E-state index contributed by atoms with van der Waals surface area (Å²) in [6.07, 6.45) is 3.57. The molecule has 1 saturated heterocycles. The second kappa shape index (κ2) is 6.33. The van der Waals surface area contributed by atoms with Gasteiger partial charge in [0.25, 0.3) is 0 Å². The smallest absolute Gasteiger partial charge is 0.356 e. The number of aromatic carboxylic acids is 1. The first-order valence-electron chi connectivity index (χ1n) is 6.51. The summed E-state index contributed by atoms with van der Waals surface area (Å²) in [7, 11) is 2.03. The molecule has 0 aliphatic carbocycles. The molecule has 0 radical (unpaired) electrons. The Morgan fingerprint density at radius 1 is 1.55 bits per heavy atom. The minimum absolute atomic E-state index is 0.166. The van der Waals surface area contributed by atoms with Gasteiger partial charge in [-0.15, -0.1) is 0 Å². The van der Waals surface area contributed by atoms with E-state index in [4.69, 9.17) is 5.11 Å². The summed E-state index contributed by atoms with van der Waals surface area (Å²) in [4.78, 5) is 28.7. The highest BCUT2D eigenvalue weighted by Crippen LogP contribution is 2.14. The summed E-state index contributed by atoms with van der Waals surface area (Å²) in [6.45, 7) is 1.59. The fourth-order valence-corrected chi connectivity index (χ4v) is 2.29. The summed E-state index contributed by atoms with van der Waals surface area (Å²) in [5.74, 6) is -1.17. The molecule has 7 nitrogen and oxygen atoms in total. The van der Waals surface area contributed by atoms with Crippen molar-refractivity contribution in [2.24, 2.45) is 0 Å². The lowest BCUT2D eigenvalue weighted by Crippen LogP contribution is -2.40. The molecule has 1 aromatic rings. The number of rotatable bonds is 4. The first-order chi connectivity index (χ1) is 9.58. The van der Waals surface area contributed by atoms with Gasteiger partial charge in [0.1, 0.15) is 0 Å². The number of nitrogens with one attached hydrogen (secondary N) is 2. The lowest BCUT2D eigenvalue weighted by molar-refractivity contribution is 0.0692. The Hall–Kier alpha value is -2.15. The van der Waals surface area contributed by atoms with Crippen molar-refractivity contribution < 1.29 is 14.7 Å². The first-order valence-corrected chi connectivity index (χ1v) is 6.51. The number of carboxylic acid groups (broad SMARTS) is 1. The summed E-state index contributed by atoms with van der Waals surface area (Å²) in [5, 5.41) is 14.3. The van der Waals surface area contributed by atoms with Crippen LogP contribution in [-0.4, -0.2) is 53.2 Å². The molecule has 2 amide bonds. The van der Waals surface area contributed by atoms with E-state index >= 15 is 0 Å². The molecule has 2 heterocycles. The minimum Gasteiger partial charge on any atom is -0.476 e. The Morgan fingerprint density at radius 2 is 2.35 bits per heavy atom. The highest BCUT2D eigenvalue weighted by molar-refractivity contribution is 5.98. The molecule has 1 fully saturated rings. The van der Waals surface area contributed by atoms with Gasteiger partial charge < -0.3 is 20.6 Å². The van der Waals surface area contributed by atoms with E-state index in [0.717, 1.165) is 19.4 Å². The number of carbonyl (C=O) groups excluding carboxylic acids is 1. The monoisotopic (exact) mass is 278 g/mol. The third kappa shape index (κ3) is 3.45. The Kier molecular flexibility index (Phi) is 4.52. The Labute approximate surface area is 117 Å². The molecular weight excluding hydrogens is 260 g/mol. The molecule has 2 rings (SSSR count). The number of anilines is 1. The van der Waals surface area contributed by atoms with Crippen molar-refractivity contribution in [2.75, 3.05) is 25.5 Å². The molecule has 108 valence electrons. The summed E-state index contributed by atoms with van der Waals surface area (Å²) >= 11 is 0. The average molecular weight is 278 g/mol. The number of hydrogen-bond donors (Lipinski definition) is 3. The SMILES string of the molecule is CN1CCCC1CNC(=O)Nc1cccnc1C(=O)O. The van der Waals surface area contributed by atoms with E-state index in [2.05, 4.69) is 20.5 Å². The van der Waals surface area contributed by atoms with Crippen LogP contribution < -0.4 is 10.6 Å². The van der Waals surface area contributed by atoms with Gasteiger partial charge in [0, 0.05) is 18.8 Å². The highest BCUT2D eigenvalue weighted by Gasteiger charge is 2.21. The van der Waals surface area contributed by atoms with Gasteiger partial charge in [-0.05, 0) is 38.6 Å². The molecule has 1 aliphatic heterocycles. The van der Waals surface area contributed by atoms with E-state index in [1.807, 2.05) is 7.05 Å². The van der Waals surface area contributed by atoms with E-state index in [0.29, 0.717) is 12.6 Å². The van der Waals surface area contributed by atoms with E-state index in [9.17, 15) is 9.59 Å². The summed E-state index contributed by atoms with van der Waals surface area (Å²) in [6, 6.07) is 3.01. The molecule has 1 unspecified atom stereocenters. The van der Waals surface area contributed by atoms with Crippen molar-refractivity contribution in [2.45, 2.75) is 18.9 Å². The quantitative estimate of drug-likeness (QED) is 0.763. The number of urea groups is 1. The van der Waals surface area contributed by atoms with Crippen molar-refractivity contribution in [1.82, 2.24) is 15.2 Å². The lowest BCUT2D eigenvalue weighted by atomic mass is 10.2. The first kappa shape index (κ1) is 14.3. The summed E-state index contributed by atoms with van der Waals surface area (Å²) in [5.41, 5.74) is 0.0258. The van der Waals surface area contributed by atoms with Crippen LogP contribution in [-0.2, 0) is 0 Å². The Balaban J connectivity index is 1.90. The maximum Gasteiger partial charge on any atom is 0.356 e. The van der Waals surface area contributed by atoms with Gasteiger partial charge in [-0.1, -0.05) is 0 Å². The molecule has 0 aromatic carbocycles. The van der Waals surface area contributed by atoms with Crippen molar-refractivity contribution >= 4 is 17.7 Å². The van der Waals surface area contributed by atoms with Crippen molar-refractivity contribution in [3.63, 3.8) is 0 Å². The molecule has 20 heavy (non-hydrogen) atoms. The van der Waals surface area contributed by atoms with Crippen molar-refractivity contribution in [3.8, 4) is 0 Å². The lowest BCUT2D eigenvalue weighted by Gasteiger charge is -2.19. The fourth-order valence-electron chi connectivity index (χ4n) is 2.29. The molecule has 3 N–H and O–H groups in total. The third-order valence-corrected chi connectivity index (χ3v) is 3.43. The highest BCUT2D eigenvalue weighted by atomic mass is 16.4. The number of pyridine rings is 1. The average Bonchev–Trinajstić information content (AvgIpc) is 2.82. The van der Waals surface area contributed by atoms with Crippen LogP contribution in [0.15, 0.2) is 18.3 Å². The third-order valence-electron chi connectivity index (χ3n) is 3.43.